The molecular formula is C18H21ClN2O2S2. The summed E-state index contributed by atoms with van der Waals surface area (Å²) in [6.45, 7) is 0.553. The van der Waals surface area contributed by atoms with Gasteiger partial charge in [-0.25, -0.2) is 0 Å². The van der Waals surface area contributed by atoms with Crippen LogP contribution in [0.2, 0.25) is 5.02 Å². The monoisotopic (exact) mass is 396 g/mol. The molecule has 0 spiro atoms. The second-order valence-corrected chi connectivity index (χ2v) is 7.83. The Morgan fingerprint density at radius 1 is 1.24 bits per heavy atom. The van der Waals surface area contributed by atoms with Gasteiger partial charge in [0.05, 0.1) is 10.6 Å². The Kier molecular flexibility index (Phi) is 8.31. The lowest BCUT2D eigenvalue weighted by atomic mass is 10.1. The van der Waals surface area contributed by atoms with Crippen molar-refractivity contribution in [3.05, 3.63) is 57.2 Å². The molecule has 2 rings (SSSR count). The smallest absolute Gasteiger partial charge is 0.253 e. The first-order valence-electron chi connectivity index (χ1n) is 7.96. The van der Waals surface area contributed by atoms with Crippen LogP contribution >= 0.6 is 34.7 Å². The van der Waals surface area contributed by atoms with Crippen molar-refractivity contribution in [2.45, 2.75) is 18.9 Å². The minimum Gasteiger partial charge on any atom is -0.354 e. The Labute approximate surface area is 161 Å². The van der Waals surface area contributed by atoms with E-state index in [4.69, 9.17) is 11.6 Å². The molecule has 0 radical (unpaired) electrons. The van der Waals surface area contributed by atoms with Crippen molar-refractivity contribution in [3.63, 3.8) is 0 Å². The van der Waals surface area contributed by atoms with Crippen LogP contribution in [-0.4, -0.2) is 36.4 Å². The quantitative estimate of drug-likeness (QED) is 0.680. The van der Waals surface area contributed by atoms with Crippen molar-refractivity contribution in [1.29, 1.82) is 0 Å². The van der Waals surface area contributed by atoms with E-state index in [1.165, 1.54) is 4.88 Å². The van der Waals surface area contributed by atoms with Crippen LogP contribution in [0, 0.1) is 0 Å². The van der Waals surface area contributed by atoms with E-state index in [0.29, 0.717) is 23.6 Å². The molecule has 0 fully saturated rings. The van der Waals surface area contributed by atoms with Crippen LogP contribution in [-0.2, 0) is 11.2 Å². The third-order valence-corrected chi connectivity index (χ3v) is 5.51. The van der Waals surface area contributed by atoms with Gasteiger partial charge in [0.15, 0.2) is 0 Å². The highest BCUT2D eigenvalue weighted by molar-refractivity contribution is 7.98. The third-order valence-electron chi connectivity index (χ3n) is 3.60. The summed E-state index contributed by atoms with van der Waals surface area (Å²) in [6.07, 6.45) is 3.33. The molecule has 0 aliphatic heterocycles. The van der Waals surface area contributed by atoms with Crippen LogP contribution in [0.5, 0.6) is 0 Å². The Balaban J connectivity index is 1.93. The molecular weight excluding hydrogens is 376 g/mol. The molecule has 4 nitrogen and oxygen atoms in total. The van der Waals surface area contributed by atoms with Gasteiger partial charge in [-0.3, -0.25) is 9.59 Å². The number of carbonyl (C=O) groups excluding carboxylic acids is 2. The second-order valence-electron chi connectivity index (χ2n) is 5.41. The zero-order valence-electron chi connectivity index (χ0n) is 14.0. The Morgan fingerprint density at radius 2 is 2.04 bits per heavy atom. The highest BCUT2D eigenvalue weighted by Gasteiger charge is 2.21. The van der Waals surface area contributed by atoms with Gasteiger partial charge in [0.25, 0.3) is 5.91 Å². The highest BCUT2D eigenvalue weighted by Crippen LogP contribution is 2.15. The van der Waals surface area contributed by atoms with Crippen LogP contribution in [0.3, 0.4) is 0 Å². The van der Waals surface area contributed by atoms with E-state index in [1.54, 1.807) is 47.4 Å². The minimum atomic E-state index is -0.570. The SMILES string of the molecule is CSCCC(NC(=O)c1ccccc1Cl)C(=O)NCCc1cccs1. The molecule has 0 saturated carbocycles. The van der Waals surface area contributed by atoms with Gasteiger partial charge >= 0.3 is 0 Å². The van der Waals surface area contributed by atoms with Crippen LogP contribution < -0.4 is 10.6 Å². The lowest BCUT2D eigenvalue weighted by Gasteiger charge is -2.18. The van der Waals surface area contributed by atoms with Crippen molar-refractivity contribution in [1.82, 2.24) is 10.6 Å². The number of nitrogens with one attached hydrogen (secondary N) is 2. The number of thioether (sulfide) groups is 1. The van der Waals surface area contributed by atoms with Crippen LogP contribution in [0.15, 0.2) is 41.8 Å². The molecule has 2 aromatic rings. The molecule has 0 saturated heterocycles. The van der Waals surface area contributed by atoms with E-state index in [2.05, 4.69) is 10.6 Å². The van der Waals surface area contributed by atoms with Crippen LogP contribution in [0.25, 0.3) is 0 Å². The lowest BCUT2D eigenvalue weighted by Crippen LogP contribution is -2.47. The van der Waals surface area contributed by atoms with E-state index in [1.807, 2.05) is 23.8 Å². The molecule has 2 amide bonds. The zero-order valence-corrected chi connectivity index (χ0v) is 16.3. The maximum atomic E-state index is 12.5. The summed E-state index contributed by atoms with van der Waals surface area (Å²) in [7, 11) is 0. The molecule has 2 N–H and O–H groups in total. The van der Waals surface area contributed by atoms with Gasteiger partial charge < -0.3 is 10.6 Å². The van der Waals surface area contributed by atoms with E-state index in [-0.39, 0.29) is 11.8 Å². The first-order chi connectivity index (χ1) is 12.1. The number of amides is 2. The van der Waals surface area contributed by atoms with Gasteiger partial charge in [0.2, 0.25) is 5.91 Å². The van der Waals surface area contributed by atoms with Gasteiger partial charge in [0, 0.05) is 11.4 Å². The number of hydrogen-bond donors (Lipinski definition) is 2. The molecule has 0 aliphatic carbocycles. The van der Waals surface area contributed by atoms with Gasteiger partial charge in [0.1, 0.15) is 6.04 Å². The fourth-order valence-electron chi connectivity index (χ4n) is 2.27. The van der Waals surface area contributed by atoms with E-state index < -0.39 is 6.04 Å². The van der Waals surface area contributed by atoms with Crippen molar-refractivity contribution < 1.29 is 9.59 Å². The molecule has 134 valence electrons. The minimum absolute atomic E-state index is 0.161. The predicted octanol–water partition coefficient (Wildman–Crippen LogP) is 3.61. The summed E-state index contributed by atoms with van der Waals surface area (Å²) in [5.41, 5.74) is 0.379. The number of carbonyl (C=O) groups is 2. The summed E-state index contributed by atoms with van der Waals surface area (Å²) in [5.74, 6) is 0.294. The van der Waals surface area contributed by atoms with Gasteiger partial charge in [-0.05, 0) is 48.4 Å². The van der Waals surface area contributed by atoms with Crippen molar-refractivity contribution in [2.24, 2.45) is 0 Å². The summed E-state index contributed by atoms with van der Waals surface area (Å²) in [5, 5.41) is 8.11. The van der Waals surface area contributed by atoms with Crippen molar-refractivity contribution in [2.75, 3.05) is 18.6 Å². The fourth-order valence-corrected chi connectivity index (χ4v) is 3.67. The number of halogens is 1. The average molecular weight is 397 g/mol. The van der Waals surface area contributed by atoms with E-state index in [0.717, 1.165) is 12.2 Å². The van der Waals surface area contributed by atoms with Gasteiger partial charge in [-0.15, -0.1) is 11.3 Å². The van der Waals surface area contributed by atoms with E-state index in [9.17, 15) is 9.59 Å². The molecule has 1 heterocycles. The maximum absolute atomic E-state index is 12.5. The maximum Gasteiger partial charge on any atom is 0.253 e. The average Bonchev–Trinajstić information content (AvgIpc) is 3.12. The highest BCUT2D eigenvalue weighted by atomic mass is 35.5. The lowest BCUT2D eigenvalue weighted by molar-refractivity contribution is -0.122. The molecule has 1 unspecified atom stereocenters. The molecule has 0 aliphatic rings. The van der Waals surface area contributed by atoms with Gasteiger partial charge in [-0.2, -0.15) is 11.8 Å². The van der Waals surface area contributed by atoms with Gasteiger partial charge in [-0.1, -0.05) is 29.8 Å². The number of hydrogen-bond acceptors (Lipinski definition) is 4. The summed E-state index contributed by atoms with van der Waals surface area (Å²) in [4.78, 5) is 26.1. The first-order valence-corrected chi connectivity index (χ1v) is 10.6. The molecule has 1 atom stereocenters. The molecule has 25 heavy (non-hydrogen) atoms. The largest absolute Gasteiger partial charge is 0.354 e. The van der Waals surface area contributed by atoms with Crippen molar-refractivity contribution >= 4 is 46.5 Å². The second kappa shape index (κ2) is 10.5. The third kappa shape index (κ3) is 6.38. The van der Waals surface area contributed by atoms with Crippen LogP contribution in [0.4, 0.5) is 0 Å². The number of rotatable bonds is 9. The summed E-state index contributed by atoms with van der Waals surface area (Å²) in [6, 6.07) is 10.3. The Hall–Kier alpha value is -1.50. The number of benzene rings is 1. The van der Waals surface area contributed by atoms with Crippen molar-refractivity contribution in [3.8, 4) is 0 Å². The molecule has 7 heteroatoms. The van der Waals surface area contributed by atoms with Crippen LogP contribution in [0.1, 0.15) is 21.7 Å². The Bertz CT molecular complexity index is 692. The molecule has 0 bridgehead atoms. The molecule has 1 aromatic heterocycles. The zero-order chi connectivity index (χ0) is 18.1. The number of thiophene rings is 1. The topological polar surface area (TPSA) is 58.2 Å². The predicted molar refractivity (Wildman–Crippen MR) is 107 cm³/mol. The standard InChI is InChI=1S/C18H21ClN2O2S2/c1-24-12-9-16(18(23)20-10-8-13-5-4-11-25-13)21-17(22)14-6-2-3-7-15(14)19/h2-7,11,16H,8-10,12H2,1H3,(H,20,23)(H,21,22). The van der Waals surface area contributed by atoms with E-state index >= 15 is 0 Å². The first kappa shape index (κ1) is 19.8. The normalized spacial score (nSPS) is 11.8. The molecule has 1 aromatic carbocycles. The summed E-state index contributed by atoms with van der Waals surface area (Å²) >= 11 is 9.37. The Morgan fingerprint density at radius 3 is 2.72 bits per heavy atom. The fraction of sp³-hybridized carbons (Fsp3) is 0.333. The summed E-state index contributed by atoms with van der Waals surface area (Å²) < 4.78 is 0.